The van der Waals surface area contributed by atoms with Crippen LogP contribution in [0.5, 0.6) is 0 Å². The third-order valence-corrected chi connectivity index (χ3v) is 3.04. The maximum atomic E-state index is 3.37. The fraction of sp³-hybridized carbons (Fsp3) is 0.538. The molecule has 0 atom stereocenters. The second kappa shape index (κ2) is 4.67. The van der Waals surface area contributed by atoms with Gasteiger partial charge in [0.05, 0.1) is 0 Å². The summed E-state index contributed by atoms with van der Waals surface area (Å²) in [7, 11) is 0. The van der Waals surface area contributed by atoms with E-state index in [1.165, 1.54) is 11.3 Å². The van der Waals surface area contributed by atoms with Crippen LogP contribution < -0.4 is 10.2 Å². The van der Waals surface area contributed by atoms with Gasteiger partial charge < -0.3 is 10.2 Å². The van der Waals surface area contributed by atoms with Crippen LogP contribution >= 0.6 is 0 Å². The van der Waals surface area contributed by atoms with Crippen LogP contribution in [0.15, 0.2) is 24.3 Å². The van der Waals surface area contributed by atoms with Gasteiger partial charge in [-0.05, 0) is 23.6 Å². The van der Waals surface area contributed by atoms with Crippen molar-refractivity contribution in [3.8, 4) is 0 Å². The summed E-state index contributed by atoms with van der Waals surface area (Å²) in [6.45, 7) is 8.93. The van der Waals surface area contributed by atoms with Gasteiger partial charge in [0, 0.05) is 31.9 Å². The molecule has 0 bridgehead atoms. The van der Waals surface area contributed by atoms with Crippen LogP contribution in [-0.4, -0.2) is 26.2 Å². The second-order valence-electron chi connectivity index (χ2n) is 4.48. The highest BCUT2D eigenvalue weighted by atomic mass is 15.2. The maximum absolute atomic E-state index is 3.37. The Hall–Kier alpha value is -1.02. The van der Waals surface area contributed by atoms with E-state index < -0.39 is 0 Å². The van der Waals surface area contributed by atoms with Crippen molar-refractivity contribution in [3.63, 3.8) is 0 Å². The van der Waals surface area contributed by atoms with Crippen molar-refractivity contribution in [1.29, 1.82) is 0 Å². The van der Waals surface area contributed by atoms with E-state index in [2.05, 4.69) is 48.3 Å². The number of rotatable bonds is 2. The number of nitrogens with one attached hydrogen (secondary N) is 1. The molecule has 1 saturated heterocycles. The summed E-state index contributed by atoms with van der Waals surface area (Å²) in [5.41, 5.74) is 2.79. The fourth-order valence-electron chi connectivity index (χ4n) is 1.99. The van der Waals surface area contributed by atoms with Crippen LogP contribution in [0, 0.1) is 0 Å². The summed E-state index contributed by atoms with van der Waals surface area (Å²) in [5, 5.41) is 3.37. The van der Waals surface area contributed by atoms with Crippen LogP contribution in [0.25, 0.3) is 0 Å². The lowest BCUT2D eigenvalue weighted by molar-refractivity contribution is 0.589. The van der Waals surface area contributed by atoms with E-state index in [0.717, 1.165) is 26.2 Å². The number of piperazine rings is 1. The molecule has 1 fully saturated rings. The highest BCUT2D eigenvalue weighted by molar-refractivity contribution is 5.48. The van der Waals surface area contributed by atoms with Crippen molar-refractivity contribution in [2.24, 2.45) is 0 Å². The highest BCUT2D eigenvalue weighted by Gasteiger charge is 2.10. The van der Waals surface area contributed by atoms with Gasteiger partial charge in [-0.2, -0.15) is 0 Å². The number of nitrogens with zero attached hydrogens (tertiary/aromatic N) is 1. The Morgan fingerprint density at radius 3 is 2.20 bits per heavy atom. The molecule has 1 aliphatic heterocycles. The standard InChI is InChI=1S/C13H20N2/c1-11(2)12-3-5-13(6-4-12)15-9-7-14-8-10-15/h3-6,11,14H,7-10H2,1-2H3. The first-order valence-electron chi connectivity index (χ1n) is 5.83. The molecule has 0 aromatic heterocycles. The Bertz CT molecular complexity index is 297. The van der Waals surface area contributed by atoms with Crippen molar-refractivity contribution >= 4 is 5.69 Å². The Labute approximate surface area is 92.3 Å². The van der Waals surface area contributed by atoms with Crippen LogP contribution in [0.4, 0.5) is 5.69 Å². The number of anilines is 1. The smallest absolute Gasteiger partial charge is 0.0367 e. The molecule has 0 saturated carbocycles. The Balaban J connectivity index is 2.08. The molecule has 0 amide bonds. The number of benzene rings is 1. The topological polar surface area (TPSA) is 15.3 Å². The zero-order chi connectivity index (χ0) is 10.7. The first kappa shape index (κ1) is 10.5. The van der Waals surface area contributed by atoms with E-state index in [1.54, 1.807) is 0 Å². The van der Waals surface area contributed by atoms with Gasteiger partial charge in [0.15, 0.2) is 0 Å². The summed E-state index contributed by atoms with van der Waals surface area (Å²) in [6, 6.07) is 9.01. The molecule has 1 aromatic rings. The molecule has 1 N–H and O–H groups in total. The predicted molar refractivity (Wildman–Crippen MR) is 65.6 cm³/mol. The van der Waals surface area contributed by atoms with Crippen LogP contribution in [0.2, 0.25) is 0 Å². The molecule has 2 heteroatoms. The molecule has 0 spiro atoms. The third-order valence-electron chi connectivity index (χ3n) is 3.04. The molecule has 2 nitrogen and oxygen atoms in total. The van der Waals surface area contributed by atoms with Crippen molar-refractivity contribution in [3.05, 3.63) is 29.8 Å². The Morgan fingerprint density at radius 2 is 1.67 bits per heavy atom. The summed E-state index contributed by atoms with van der Waals surface area (Å²) in [6.07, 6.45) is 0. The minimum absolute atomic E-state index is 0.627. The molecular weight excluding hydrogens is 184 g/mol. The molecule has 0 unspecified atom stereocenters. The van der Waals surface area contributed by atoms with E-state index in [0.29, 0.717) is 5.92 Å². The first-order valence-corrected chi connectivity index (χ1v) is 5.83. The lowest BCUT2D eigenvalue weighted by atomic mass is 10.0. The molecule has 15 heavy (non-hydrogen) atoms. The fourth-order valence-corrected chi connectivity index (χ4v) is 1.99. The average Bonchev–Trinajstić information content (AvgIpc) is 2.30. The van der Waals surface area contributed by atoms with Crippen molar-refractivity contribution in [2.75, 3.05) is 31.1 Å². The molecule has 2 rings (SSSR count). The zero-order valence-electron chi connectivity index (χ0n) is 9.66. The van der Waals surface area contributed by atoms with Crippen molar-refractivity contribution < 1.29 is 0 Å². The molecule has 82 valence electrons. The zero-order valence-corrected chi connectivity index (χ0v) is 9.66. The van der Waals surface area contributed by atoms with Crippen LogP contribution in [0.1, 0.15) is 25.3 Å². The van der Waals surface area contributed by atoms with Gasteiger partial charge in [0.25, 0.3) is 0 Å². The minimum Gasteiger partial charge on any atom is -0.369 e. The third kappa shape index (κ3) is 2.51. The molecular formula is C13H20N2. The number of hydrogen-bond acceptors (Lipinski definition) is 2. The highest BCUT2D eigenvalue weighted by Crippen LogP contribution is 2.20. The van der Waals surface area contributed by atoms with Gasteiger partial charge in [-0.3, -0.25) is 0 Å². The Morgan fingerprint density at radius 1 is 1.07 bits per heavy atom. The van der Waals surface area contributed by atoms with Gasteiger partial charge in [0.2, 0.25) is 0 Å². The molecule has 0 radical (unpaired) electrons. The molecule has 1 aromatic carbocycles. The lowest BCUT2D eigenvalue weighted by Gasteiger charge is -2.29. The second-order valence-corrected chi connectivity index (χ2v) is 4.48. The number of hydrogen-bond donors (Lipinski definition) is 1. The molecule has 0 aliphatic carbocycles. The van der Waals surface area contributed by atoms with E-state index >= 15 is 0 Å². The molecule has 1 aliphatic rings. The van der Waals surface area contributed by atoms with E-state index in [1.807, 2.05) is 0 Å². The monoisotopic (exact) mass is 204 g/mol. The van der Waals surface area contributed by atoms with E-state index in [9.17, 15) is 0 Å². The van der Waals surface area contributed by atoms with Crippen LogP contribution in [0.3, 0.4) is 0 Å². The summed E-state index contributed by atoms with van der Waals surface area (Å²) in [4.78, 5) is 2.45. The minimum atomic E-state index is 0.627. The summed E-state index contributed by atoms with van der Waals surface area (Å²) in [5.74, 6) is 0.627. The first-order chi connectivity index (χ1) is 7.27. The van der Waals surface area contributed by atoms with E-state index in [-0.39, 0.29) is 0 Å². The summed E-state index contributed by atoms with van der Waals surface area (Å²) >= 11 is 0. The largest absolute Gasteiger partial charge is 0.369 e. The maximum Gasteiger partial charge on any atom is 0.0367 e. The molecule has 1 heterocycles. The quantitative estimate of drug-likeness (QED) is 0.794. The van der Waals surface area contributed by atoms with Gasteiger partial charge in [0.1, 0.15) is 0 Å². The Kier molecular flexibility index (Phi) is 3.27. The van der Waals surface area contributed by atoms with Gasteiger partial charge in [-0.25, -0.2) is 0 Å². The van der Waals surface area contributed by atoms with Gasteiger partial charge >= 0.3 is 0 Å². The van der Waals surface area contributed by atoms with Crippen molar-refractivity contribution in [2.45, 2.75) is 19.8 Å². The van der Waals surface area contributed by atoms with Gasteiger partial charge in [-0.1, -0.05) is 26.0 Å². The predicted octanol–water partition coefficient (Wildman–Crippen LogP) is 2.22. The normalized spacial score (nSPS) is 17.1. The lowest BCUT2D eigenvalue weighted by Crippen LogP contribution is -2.43. The van der Waals surface area contributed by atoms with Crippen molar-refractivity contribution in [1.82, 2.24) is 5.32 Å². The van der Waals surface area contributed by atoms with Gasteiger partial charge in [-0.15, -0.1) is 0 Å². The SMILES string of the molecule is CC(C)c1ccc(N2CCNCC2)cc1. The van der Waals surface area contributed by atoms with Crippen LogP contribution in [-0.2, 0) is 0 Å². The summed E-state index contributed by atoms with van der Waals surface area (Å²) < 4.78 is 0. The van der Waals surface area contributed by atoms with E-state index in [4.69, 9.17) is 0 Å². The average molecular weight is 204 g/mol.